The first kappa shape index (κ1) is 13.7. The van der Waals surface area contributed by atoms with E-state index in [2.05, 4.69) is 60.3 Å². The number of hydrogen-bond donors (Lipinski definition) is 1. The Balaban J connectivity index is 2.01. The van der Waals surface area contributed by atoms with Gasteiger partial charge in [0.1, 0.15) is 0 Å². The van der Waals surface area contributed by atoms with Crippen LogP contribution in [-0.2, 0) is 6.54 Å². The standard InChI is InChI=1S/C12H13Br2N3O/c1-7(10-4-3-9(13)5-11(10)14)15-6-12-16-8(2)18-17-12/h3-5,7,15H,6H2,1-2H3. The predicted octanol–water partition coefficient (Wildman–Crippen LogP) is 3.75. The van der Waals surface area contributed by atoms with Gasteiger partial charge in [0.25, 0.3) is 0 Å². The highest BCUT2D eigenvalue weighted by Gasteiger charge is 2.10. The SMILES string of the molecule is Cc1nc(CNC(C)c2ccc(Br)cc2Br)no1. The summed E-state index contributed by atoms with van der Waals surface area (Å²) in [4.78, 5) is 4.15. The van der Waals surface area contributed by atoms with Gasteiger partial charge in [-0.2, -0.15) is 4.98 Å². The zero-order valence-electron chi connectivity index (χ0n) is 10.1. The third kappa shape index (κ3) is 3.40. The molecule has 0 saturated carbocycles. The number of nitrogens with one attached hydrogen (secondary N) is 1. The topological polar surface area (TPSA) is 51.0 Å². The molecule has 0 aliphatic heterocycles. The zero-order valence-corrected chi connectivity index (χ0v) is 13.2. The quantitative estimate of drug-likeness (QED) is 0.885. The molecule has 0 spiro atoms. The maximum atomic E-state index is 4.93. The average Bonchev–Trinajstić information content (AvgIpc) is 2.72. The molecule has 4 nitrogen and oxygen atoms in total. The van der Waals surface area contributed by atoms with Crippen molar-refractivity contribution in [1.82, 2.24) is 15.5 Å². The Labute approximate surface area is 122 Å². The van der Waals surface area contributed by atoms with Gasteiger partial charge in [-0.1, -0.05) is 43.1 Å². The largest absolute Gasteiger partial charge is 0.340 e. The lowest BCUT2D eigenvalue weighted by Crippen LogP contribution is -2.19. The van der Waals surface area contributed by atoms with E-state index in [9.17, 15) is 0 Å². The van der Waals surface area contributed by atoms with Crippen molar-refractivity contribution in [3.8, 4) is 0 Å². The molecule has 1 atom stereocenters. The number of nitrogens with zero attached hydrogens (tertiary/aromatic N) is 2. The second kappa shape index (κ2) is 5.95. The summed E-state index contributed by atoms with van der Waals surface area (Å²) in [6, 6.07) is 6.34. The molecule has 0 amide bonds. The molecular weight excluding hydrogens is 362 g/mol. The Morgan fingerprint density at radius 3 is 2.78 bits per heavy atom. The number of halogens is 2. The van der Waals surface area contributed by atoms with Crippen LogP contribution >= 0.6 is 31.9 Å². The van der Waals surface area contributed by atoms with Crippen molar-refractivity contribution in [1.29, 1.82) is 0 Å². The number of aryl methyl sites for hydroxylation is 1. The minimum atomic E-state index is 0.200. The third-order valence-electron chi connectivity index (χ3n) is 2.56. The second-order valence-corrected chi connectivity index (χ2v) is 5.77. The van der Waals surface area contributed by atoms with Crippen molar-refractivity contribution in [2.45, 2.75) is 26.4 Å². The van der Waals surface area contributed by atoms with Gasteiger partial charge in [-0.25, -0.2) is 0 Å². The molecule has 1 aromatic carbocycles. The molecule has 0 fully saturated rings. The van der Waals surface area contributed by atoms with Gasteiger partial charge in [0, 0.05) is 21.9 Å². The van der Waals surface area contributed by atoms with Crippen LogP contribution in [0, 0.1) is 6.92 Å². The van der Waals surface area contributed by atoms with E-state index >= 15 is 0 Å². The number of hydrogen-bond acceptors (Lipinski definition) is 4. The minimum Gasteiger partial charge on any atom is -0.340 e. The van der Waals surface area contributed by atoms with E-state index < -0.39 is 0 Å². The van der Waals surface area contributed by atoms with E-state index in [0.717, 1.165) is 8.95 Å². The smallest absolute Gasteiger partial charge is 0.223 e. The van der Waals surface area contributed by atoms with Crippen LogP contribution in [-0.4, -0.2) is 10.1 Å². The molecule has 0 radical (unpaired) electrons. The Morgan fingerprint density at radius 1 is 1.39 bits per heavy atom. The van der Waals surface area contributed by atoms with E-state index in [4.69, 9.17) is 4.52 Å². The van der Waals surface area contributed by atoms with Crippen molar-refractivity contribution in [2.75, 3.05) is 0 Å². The van der Waals surface area contributed by atoms with Crippen molar-refractivity contribution >= 4 is 31.9 Å². The fraction of sp³-hybridized carbons (Fsp3) is 0.333. The fourth-order valence-corrected chi connectivity index (χ4v) is 3.01. The summed E-state index contributed by atoms with van der Waals surface area (Å²) in [7, 11) is 0. The number of benzene rings is 1. The molecule has 1 N–H and O–H groups in total. The summed E-state index contributed by atoms with van der Waals surface area (Å²) >= 11 is 7.00. The number of rotatable bonds is 4. The van der Waals surface area contributed by atoms with E-state index in [1.54, 1.807) is 6.92 Å². The minimum absolute atomic E-state index is 0.200. The van der Waals surface area contributed by atoms with Crippen LogP contribution < -0.4 is 5.32 Å². The van der Waals surface area contributed by atoms with Gasteiger partial charge >= 0.3 is 0 Å². The van der Waals surface area contributed by atoms with Crippen LogP contribution in [0.1, 0.15) is 30.2 Å². The average molecular weight is 375 g/mol. The van der Waals surface area contributed by atoms with Gasteiger partial charge in [0.2, 0.25) is 5.89 Å². The molecule has 96 valence electrons. The van der Waals surface area contributed by atoms with E-state index in [0.29, 0.717) is 18.3 Å². The molecule has 0 aliphatic carbocycles. The van der Waals surface area contributed by atoms with Crippen LogP contribution in [0.4, 0.5) is 0 Å². The normalized spacial score (nSPS) is 12.7. The summed E-state index contributed by atoms with van der Waals surface area (Å²) in [5.41, 5.74) is 1.19. The lowest BCUT2D eigenvalue weighted by Gasteiger charge is -2.14. The first-order valence-electron chi connectivity index (χ1n) is 5.54. The monoisotopic (exact) mass is 373 g/mol. The van der Waals surface area contributed by atoms with Crippen molar-refractivity contribution < 1.29 is 4.52 Å². The molecule has 18 heavy (non-hydrogen) atoms. The molecule has 2 aromatic rings. The molecule has 0 bridgehead atoms. The van der Waals surface area contributed by atoms with Gasteiger partial charge in [-0.05, 0) is 24.6 Å². The van der Waals surface area contributed by atoms with E-state index in [1.807, 2.05) is 12.1 Å². The summed E-state index contributed by atoms with van der Waals surface area (Å²) in [5.74, 6) is 1.26. The van der Waals surface area contributed by atoms with Crippen LogP contribution in [0.3, 0.4) is 0 Å². The molecular formula is C12H13Br2N3O. The Hall–Kier alpha value is -0.720. The lowest BCUT2D eigenvalue weighted by molar-refractivity contribution is 0.384. The van der Waals surface area contributed by atoms with E-state index in [-0.39, 0.29) is 6.04 Å². The third-order valence-corrected chi connectivity index (χ3v) is 3.75. The van der Waals surface area contributed by atoms with Gasteiger partial charge in [0.15, 0.2) is 5.82 Å². The second-order valence-electron chi connectivity index (χ2n) is 4.00. The summed E-state index contributed by atoms with van der Waals surface area (Å²) in [6.45, 7) is 4.47. The Kier molecular flexibility index (Phi) is 4.53. The molecule has 2 rings (SSSR count). The fourth-order valence-electron chi connectivity index (χ4n) is 1.62. The highest BCUT2D eigenvalue weighted by atomic mass is 79.9. The van der Waals surface area contributed by atoms with Crippen molar-refractivity contribution in [2.24, 2.45) is 0 Å². The summed E-state index contributed by atoms with van der Waals surface area (Å²) in [6.07, 6.45) is 0. The Bertz CT molecular complexity index is 542. The summed E-state index contributed by atoms with van der Waals surface area (Å²) < 4.78 is 7.05. The van der Waals surface area contributed by atoms with Crippen LogP contribution in [0.25, 0.3) is 0 Å². The van der Waals surface area contributed by atoms with Crippen molar-refractivity contribution in [3.05, 3.63) is 44.4 Å². The lowest BCUT2D eigenvalue weighted by atomic mass is 10.1. The van der Waals surface area contributed by atoms with Crippen LogP contribution in [0.5, 0.6) is 0 Å². The van der Waals surface area contributed by atoms with Gasteiger partial charge < -0.3 is 9.84 Å². The maximum absolute atomic E-state index is 4.93. The number of aromatic nitrogens is 2. The Morgan fingerprint density at radius 2 is 2.17 bits per heavy atom. The molecule has 6 heteroatoms. The maximum Gasteiger partial charge on any atom is 0.223 e. The van der Waals surface area contributed by atoms with Crippen LogP contribution in [0.2, 0.25) is 0 Å². The van der Waals surface area contributed by atoms with Gasteiger partial charge in [0.05, 0.1) is 6.54 Å². The highest BCUT2D eigenvalue weighted by molar-refractivity contribution is 9.11. The van der Waals surface area contributed by atoms with Gasteiger partial charge in [-0.3, -0.25) is 0 Å². The highest BCUT2D eigenvalue weighted by Crippen LogP contribution is 2.26. The molecule has 0 aliphatic rings. The van der Waals surface area contributed by atoms with E-state index in [1.165, 1.54) is 5.56 Å². The molecule has 1 heterocycles. The molecule has 0 saturated heterocycles. The first-order chi connectivity index (χ1) is 8.56. The predicted molar refractivity (Wildman–Crippen MR) is 76.1 cm³/mol. The van der Waals surface area contributed by atoms with Crippen molar-refractivity contribution in [3.63, 3.8) is 0 Å². The summed E-state index contributed by atoms with van der Waals surface area (Å²) in [5, 5.41) is 7.21. The van der Waals surface area contributed by atoms with Crippen LogP contribution in [0.15, 0.2) is 31.7 Å². The first-order valence-corrected chi connectivity index (χ1v) is 7.12. The molecule has 1 aromatic heterocycles. The zero-order chi connectivity index (χ0) is 13.1. The molecule has 1 unspecified atom stereocenters. The van der Waals surface area contributed by atoms with Gasteiger partial charge in [-0.15, -0.1) is 0 Å².